The second kappa shape index (κ2) is 3.48. The Hall–Kier alpha value is -0.900. The van der Waals surface area contributed by atoms with Gasteiger partial charge in [0, 0.05) is 13.5 Å². The Balaban J connectivity index is 2.50. The number of cyclic esters (lactones) is 1. The van der Waals surface area contributed by atoms with E-state index in [0.717, 1.165) is 0 Å². The fraction of sp³-hybridized carbons (Fsp3) is 0.714. The van der Waals surface area contributed by atoms with Crippen molar-refractivity contribution in [2.45, 2.75) is 25.0 Å². The second-order valence-corrected chi connectivity index (χ2v) is 2.46. The quantitative estimate of drug-likeness (QED) is 0.416. The molecular formula is C7H10O4. The average Bonchev–Trinajstić information content (AvgIpc) is 2.03. The zero-order valence-electron chi connectivity index (χ0n) is 6.28. The van der Waals surface area contributed by atoms with Gasteiger partial charge in [0.15, 0.2) is 12.4 Å². The van der Waals surface area contributed by atoms with Crippen molar-refractivity contribution >= 4 is 12.3 Å². The predicted molar refractivity (Wildman–Crippen MR) is 36.0 cm³/mol. The van der Waals surface area contributed by atoms with Crippen LogP contribution in [0.15, 0.2) is 0 Å². The van der Waals surface area contributed by atoms with E-state index < -0.39 is 6.10 Å². The van der Waals surface area contributed by atoms with Gasteiger partial charge in [-0.2, -0.15) is 0 Å². The topological polar surface area (TPSA) is 52.6 Å². The van der Waals surface area contributed by atoms with Crippen LogP contribution in [0.3, 0.4) is 0 Å². The Morgan fingerprint density at radius 1 is 1.73 bits per heavy atom. The molecule has 0 radical (unpaired) electrons. The fourth-order valence-corrected chi connectivity index (χ4v) is 1.06. The summed E-state index contributed by atoms with van der Waals surface area (Å²) in [6.45, 7) is 0. The van der Waals surface area contributed by atoms with E-state index in [9.17, 15) is 9.59 Å². The van der Waals surface area contributed by atoms with Gasteiger partial charge in [0.2, 0.25) is 0 Å². The van der Waals surface area contributed by atoms with E-state index >= 15 is 0 Å². The SMILES string of the molecule is CO[C@H]1CC(=O)O[C@@H](C=O)C1. The van der Waals surface area contributed by atoms with Crippen molar-refractivity contribution in [2.24, 2.45) is 0 Å². The largest absolute Gasteiger partial charge is 0.454 e. The molecule has 0 aromatic rings. The number of rotatable bonds is 2. The summed E-state index contributed by atoms with van der Waals surface area (Å²) in [6, 6.07) is 0. The molecular weight excluding hydrogens is 148 g/mol. The Labute approximate surface area is 64.5 Å². The molecule has 11 heavy (non-hydrogen) atoms. The Morgan fingerprint density at radius 3 is 3.00 bits per heavy atom. The van der Waals surface area contributed by atoms with Crippen molar-refractivity contribution in [3.63, 3.8) is 0 Å². The molecule has 62 valence electrons. The lowest BCUT2D eigenvalue weighted by molar-refractivity contribution is -0.163. The van der Waals surface area contributed by atoms with E-state index in [4.69, 9.17) is 4.74 Å². The molecule has 0 N–H and O–H groups in total. The van der Waals surface area contributed by atoms with Crippen LogP contribution >= 0.6 is 0 Å². The third-order valence-electron chi connectivity index (χ3n) is 1.66. The molecule has 0 aromatic heterocycles. The summed E-state index contributed by atoms with van der Waals surface area (Å²) >= 11 is 0. The van der Waals surface area contributed by atoms with Gasteiger partial charge in [-0.1, -0.05) is 0 Å². The first-order chi connectivity index (χ1) is 5.26. The number of hydrogen-bond donors (Lipinski definition) is 0. The van der Waals surface area contributed by atoms with Crippen LogP contribution in [0.5, 0.6) is 0 Å². The van der Waals surface area contributed by atoms with Crippen LogP contribution < -0.4 is 0 Å². The summed E-state index contributed by atoms with van der Waals surface area (Å²) in [5.74, 6) is -0.361. The van der Waals surface area contributed by atoms with Gasteiger partial charge >= 0.3 is 5.97 Å². The maximum absolute atomic E-state index is 10.7. The van der Waals surface area contributed by atoms with Gasteiger partial charge < -0.3 is 9.47 Å². The molecule has 4 heteroatoms. The van der Waals surface area contributed by atoms with Crippen molar-refractivity contribution in [3.05, 3.63) is 0 Å². The number of ether oxygens (including phenoxy) is 2. The van der Waals surface area contributed by atoms with E-state index in [1.807, 2.05) is 0 Å². The standard InChI is InChI=1S/C7H10O4/c1-10-5-2-6(4-8)11-7(9)3-5/h4-6H,2-3H2,1H3/t5-,6-/m1/s1. The van der Waals surface area contributed by atoms with Gasteiger partial charge in [0.25, 0.3) is 0 Å². The molecule has 0 saturated carbocycles. The van der Waals surface area contributed by atoms with E-state index in [-0.39, 0.29) is 18.5 Å². The molecule has 4 nitrogen and oxygen atoms in total. The summed E-state index contributed by atoms with van der Waals surface area (Å²) in [5, 5.41) is 0. The molecule has 0 aliphatic carbocycles. The first-order valence-electron chi connectivity index (χ1n) is 3.44. The van der Waals surface area contributed by atoms with Gasteiger partial charge in [-0.15, -0.1) is 0 Å². The highest BCUT2D eigenvalue weighted by Gasteiger charge is 2.27. The van der Waals surface area contributed by atoms with Crippen LogP contribution in [0.25, 0.3) is 0 Å². The van der Waals surface area contributed by atoms with E-state index in [1.54, 1.807) is 0 Å². The molecule has 0 spiro atoms. The van der Waals surface area contributed by atoms with Gasteiger partial charge in [-0.25, -0.2) is 0 Å². The van der Waals surface area contributed by atoms with Crippen molar-refractivity contribution in [1.82, 2.24) is 0 Å². The minimum Gasteiger partial charge on any atom is -0.454 e. The first kappa shape index (κ1) is 8.20. The third kappa shape index (κ3) is 2.01. The second-order valence-electron chi connectivity index (χ2n) is 2.46. The number of methoxy groups -OCH3 is 1. The third-order valence-corrected chi connectivity index (χ3v) is 1.66. The lowest BCUT2D eigenvalue weighted by Gasteiger charge is -2.24. The van der Waals surface area contributed by atoms with Crippen LogP contribution in [-0.2, 0) is 19.1 Å². The molecule has 0 unspecified atom stereocenters. The maximum atomic E-state index is 10.7. The minimum atomic E-state index is -0.610. The van der Waals surface area contributed by atoms with E-state index in [1.165, 1.54) is 7.11 Å². The zero-order chi connectivity index (χ0) is 8.27. The van der Waals surface area contributed by atoms with Gasteiger partial charge in [0.1, 0.15) is 0 Å². The summed E-state index contributed by atoms with van der Waals surface area (Å²) in [6.07, 6.45) is 0.586. The van der Waals surface area contributed by atoms with Crippen LogP contribution in [0.2, 0.25) is 0 Å². The molecule has 0 amide bonds. The average molecular weight is 158 g/mol. The van der Waals surface area contributed by atoms with Crippen molar-refractivity contribution < 1.29 is 19.1 Å². The summed E-state index contributed by atoms with van der Waals surface area (Å²) in [7, 11) is 1.52. The Bertz CT molecular complexity index is 166. The van der Waals surface area contributed by atoms with E-state index in [2.05, 4.69) is 4.74 Å². The molecule has 1 aliphatic rings. The lowest BCUT2D eigenvalue weighted by Crippen LogP contribution is -2.34. The van der Waals surface area contributed by atoms with Crippen LogP contribution in [0.1, 0.15) is 12.8 Å². The molecule has 1 heterocycles. The number of aldehydes is 1. The van der Waals surface area contributed by atoms with Crippen molar-refractivity contribution in [2.75, 3.05) is 7.11 Å². The highest BCUT2D eigenvalue weighted by molar-refractivity contribution is 5.74. The Morgan fingerprint density at radius 2 is 2.45 bits per heavy atom. The molecule has 1 rings (SSSR count). The van der Waals surface area contributed by atoms with Gasteiger partial charge in [-0.3, -0.25) is 9.59 Å². The molecule has 1 fully saturated rings. The van der Waals surface area contributed by atoms with Gasteiger partial charge in [0.05, 0.1) is 12.5 Å². The van der Waals surface area contributed by atoms with Crippen LogP contribution in [-0.4, -0.2) is 31.6 Å². The van der Waals surface area contributed by atoms with Crippen molar-refractivity contribution in [3.8, 4) is 0 Å². The smallest absolute Gasteiger partial charge is 0.309 e. The molecule has 0 aromatic carbocycles. The lowest BCUT2D eigenvalue weighted by atomic mass is 10.1. The molecule has 1 saturated heterocycles. The zero-order valence-corrected chi connectivity index (χ0v) is 6.28. The molecule has 1 aliphatic heterocycles. The summed E-state index contributed by atoms with van der Waals surface area (Å²) in [4.78, 5) is 21.0. The monoisotopic (exact) mass is 158 g/mol. The molecule has 0 bridgehead atoms. The minimum absolute atomic E-state index is 0.161. The predicted octanol–water partition coefficient (Wildman–Crippen LogP) is -0.0941. The van der Waals surface area contributed by atoms with Crippen LogP contribution in [0, 0.1) is 0 Å². The number of carbonyl (C=O) groups is 2. The highest BCUT2D eigenvalue weighted by atomic mass is 16.6. The first-order valence-corrected chi connectivity index (χ1v) is 3.44. The molecule has 2 atom stereocenters. The number of hydrogen-bond acceptors (Lipinski definition) is 4. The van der Waals surface area contributed by atoms with Crippen LogP contribution in [0.4, 0.5) is 0 Å². The number of carbonyl (C=O) groups excluding carboxylic acids is 2. The summed E-state index contributed by atoms with van der Waals surface area (Å²) in [5.41, 5.74) is 0. The Kier molecular flexibility index (Phi) is 2.59. The maximum Gasteiger partial charge on any atom is 0.309 e. The van der Waals surface area contributed by atoms with Gasteiger partial charge in [-0.05, 0) is 0 Å². The van der Waals surface area contributed by atoms with Crippen molar-refractivity contribution in [1.29, 1.82) is 0 Å². The normalized spacial score (nSPS) is 31.2. The highest BCUT2D eigenvalue weighted by Crippen LogP contribution is 2.15. The fourth-order valence-electron chi connectivity index (χ4n) is 1.06. The van der Waals surface area contributed by atoms with E-state index in [0.29, 0.717) is 12.7 Å². The number of esters is 1. The summed E-state index contributed by atoms with van der Waals surface area (Å²) < 4.78 is 9.61.